The van der Waals surface area contributed by atoms with Gasteiger partial charge in [-0.2, -0.15) is 0 Å². The van der Waals surface area contributed by atoms with Gasteiger partial charge in [0.1, 0.15) is 0 Å². The van der Waals surface area contributed by atoms with Crippen LogP contribution in [0.4, 0.5) is 10.5 Å². The van der Waals surface area contributed by atoms with E-state index in [-0.39, 0.29) is 18.6 Å². The number of nitrogens with one attached hydrogen (secondary N) is 1. The fourth-order valence-electron chi connectivity index (χ4n) is 2.50. The van der Waals surface area contributed by atoms with Crippen molar-refractivity contribution in [1.82, 2.24) is 5.32 Å². The number of benzene rings is 1. The molecule has 0 aliphatic carbocycles. The predicted molar refractivity (Wildman–Crippen MR) is 75.2 cm³/mol. The van der Waals surface area contributed by atoms with Crippen molar-refractivity contribution in [1.29, 1.82) is 0 Å². The van der Waals surface area contributed by atoms with Crippen LogP contribution in [0.15, 0.2) is 18.2 Å². The molecule has 106 valence electrons. The first-order valence-electron chi connectivity index (χ1n) is 6.11. The average Bonchev–Trinajstić information content (AvgIpc) is 2.77. The molecule has 20 heavy (non-hydrogen) atoms. The molecule has 3 rings (SSSR count). The molecule has 0 saturated carbocycles. The third kappa shape index (κ3) is 1.89. The number of ether oxygens (including phenoxy) is 1. The monoisotopic (exact) mass is 314 g/mol. The molecule has 0 aromatic heterocycles. The molecule has 2 heterocycles. The lowest BCUT2D eigenvalue weighted by atomic mass is 9.82. The number of imide groups is 1. The zero-order valence-electron chi connectivity index (χ0n) is 10.7. The van der Waals surface area contributed by atoms with Crippen LogP contribution >= 0.6 is 23.2 Å². The van der Waals surface area contributed by atoms with Crippen molar-refractivity contribution in [2.75, 3.05) is 18.1 Å². The van der Waals surface area contributed by atoms with E-state index in [1.807, 2.05) is 0 Å². The van der Waals surface area contributed by atoms with E-state index in [0.29, 0.717) is 22.3 Å². The van der Waals surface area contributed by atoms with Gasteiger partial charge in [0.2, 0.25) is 5.91 Å². The van der Waals surface area contributed by atoms with Crippen LogP contribution < -0.4 is 10.2 Å². The summed E-state index contributed by atoms with van der Waals surface area (Å²) in [7, 11) is 0. The topological polar surface area (TPSA) is 58.6 Å². The standard InChI is InChI=1S/C13H12Cl2N2O3/c1-13-6-20-5-10(13)16-12(19)17(11(13)18)7-2-3-8(14)9(15)4-7/h2-4,10H,5-6H2,1H3,(H,16,19). The van der Waals surface area contributed by atoms with E-state index >= 15 is 0 Å². The van der Waals surface area contributed by atoms with Gasteiger partial charge in [-0.05, 0) is 25.1 Å². The van der Waals surface area contributed by atoms with Crippen molar-refractivity contribution < 1.29 is 14.3 Å². The van der Waals surface area contributed by atoms with E-state index < -0.39 is 11.4 Å². The maximum Gasteiger partial charge on any atom is 0.329 e. The number of nitrogens with zero attached hydrogens (tertiary/aromatic N) is 1. The Morgan fingerprint density at radius 1 is 1.35 bits per heavy atom. The molecule has 1 aromatic rings. The van der Waals surface area contributed by atoms with Crippen LogP contribution in [-0.4, -0.2) is 31.2 Å². The Morgan fingerprint density at radius 3 is 2.80 bits per heavy atom. The lowest BCUT2D eigenvalue weighted by molar-refractivity contribution is -0.128. The number of carbonyl (C=O) groups is 2. The first-order chi connectivity index (χ1) is 9.43. The number of rotatable bonds is 1. The molecule has 0 spiro atoms. The highest BCUT2D eigenvalue weighted by Crippen LogP contribution is 2.37. The van der Waals surface area contributed by atoms with Crippen molar-refractivity contribution in [3.63, 3.8) is 0 Å². The van der Waals surface area contributed by atoms with Crippen LogP contribution in [0.25, 0.3) is 0 Å². The molecule has 2 unspecified atom stereocenters. The number of carbonyl (C=O) groups excluding carboxylic acids is 2. The molecule has 2 fully saturated rings. The van der Waals surface area contributed by atoms with Gasteiger partial charge in [0, 0.05) is 0 Å². The van der Waals surface area contributed by atoms with Gasteiger partial charge in [-0.1, -0.05) is 23.2 Å². The molecule has 1 aromatic carbocycles. The number of anilines is 1. The summed E-state index contributed by atoms with van der Waals surface area (Å²) in [5, 5.41) is 3.46. The van der Waals surface area contributed by atoms with Crippen molar-refractivity contribution in [3.05, 3.63) is 28.2 Å². The second-order valence-electron chi connectivity index (χ2n) is 5.17. The minimum absolute atomic E-state index is 0.286. The fourth-order valence-corrected chi connectivity index (χ4v) is 2.80. The maximum atomic E-state index is 12.6. The molecule has 0 radical (unpaired) electrons. The van der Waals surface area contributed by atoms with Crippen molar-refractivity contribution in [3.8, 4) is 0 Å². The van der Waals surface area contributed by atoms with Crippen molar-refractivity contribution in [2.24, 2.45) is 5.41 Å². The lowest BCUT2D eigenvalue weighted by Gasteiger charge is -2.39. The summed E-state index contributed by atoms with van der Waals surface area (Å²) in [5.74, 6) is -0.290. The Hall–Kier alpha value is -1.30. The van der Waals surface area contributed by atoms with Gasteiger partial charge in [-0.3, -0.25) is 4.79 Å². The van der Waals surface area contributed by atoms with E-state index in [4.69, 9.17) is 27.9 Å². The van der Waals surface area contributed by atoms with Crippen LogP contribution in [0.2, 0.25) is 10.0 Å². The van der Waals surface area contributed by atoms with Crippen LogP contribution in [0.3, 0.4) is 0 Å². The zero-order valence-corrected chi connectivity index (χ0v) is 12.2. The molecule has 2 saturated heterocycles. The van der Waals surface area contributed by atoms with Gasteiger partial charge in [0.05, 0.1) is 40.4 Å². The highest BCUT2D eigenvalue weighted by atomic mass is 35.5. The molecule has 2 atom stereocenters. The van der Waals surface area contributed by atoms with Crippen LogP contribution in [0.5, 0.6) is 0 Å². The number of hydrogen-bond donors (Lipinski definition) is 1. The second-order valence-corrected chi connectivity index (χ2v) is 5.99. The normalized spacial score (nSPS) is 29.4. The smallest absolute Gasteiger partial charge is 0.329 e. The Morgan fingerprint density at radius 2 is 2.10 bits per heavy atom. The highest BCUT2D eigenvalue weighted by Gasteiger charge is 2.54. The van der Waals surface area contributed by atoms with Gasteiger partial charge < -0.3 is 10.1 Å². The Bertz CT molecular complexity index is 607. The summed E-state index contributed by atoms with van der Waals surface area (Å²) in [6.07, 6.45) is 0. The summed E-state index contributed by atoms with van der Waals surface area (Å²) >= 11 is 11.8. The van der Waals surface area contributed by atoms with Crippen LogP contribution in [0, 0.1) is 5.41 Å². The minimum atomic E-state index is -0.750. The SMILES string of the molecule is CC12COCC1NC(=O)N(c1ccc(Cl)c(Cl)c1)C2=O. The highest BCUT2D eigenvalue weighted by molar-refractivity contribution is 6.42. The molecule has 5 nitrogen and oxygen atoms in total. The number of fused-ring (bicyclic) bond motifs is 1. The molecular formula is C13H12Cl2N2O3. The molecule has 3 amide bonds. The first kappa shape index (κ1) is 13.7. The summed E-state index contributed by atoms with van der Waals surface area (Å²) in [6, 6.07) is 3.88. The summed E-state index contributed by atoms with van der Waals surface area (Å²) < 4.78 is 5.33. The van der Waals surface area contributed by atoms with E-state index in [0.717, 1.165) is 4.90 Å². The van der Waals surface area contributed by atoms with Gasteiger partial charge in [-0.15, -0.1) is 0 Å². The number of urea groups is 1. The molecule has 7 heteroatoms. The number of halogens is 2. The van der Waals surface area contributed by atoms with Crippen LogP contribution in [0.1, 0.15) is 6.92 Å². The van der Waals surface area contributed by atoms with Gasteiger partial charge in [0.15, 0.2) is 0 Å². The Balaban J connectivity index is 2.02. The number of amides is 3. The van der Waals surface area contributed by atoms with E-state index in [2.05, 4.69) is 5.32 Å². The summed E-state index contributed by atoms with van der Waals surface area (Å²) in [5.41, 5.74) is -0.353. The lowest BCUT2D eigenvalue weighted by Crippen LogP contribution is -2.64. The molecular weight excluding hydrogens is 303 g/mol. The third-order valence-corrected chi connectivity index (χ3v) is 4.55. The van der Waals surface area contributed by atoms with Gasteiger partial charge in [-0.25, -0.2) is 9.69 Å². The Labute approximate surface area is 125 Å². The van der Waals surface area contributed by atoms with E-state index in [9.17, 15) is 9.59 Å². The third-order valence-electron chi connectivity index (χ3n) is 3.81. The fraction of sp³-hybridized carbons (Fsp3) is 0.385. The van der Waals surface area contributed by atoms with Crippen molar-refractivity contribution in [2.45, 2.75) is 13.0 Å². The van der Waals surface area contributed by atoms with Gasteiger partial charge >= 0.3 is 6.03 Å². The maximum absolute atomic E-state index is 12.6. The molecule has 2 aliphatic rings. The summed E-state index contributed by atoms with van der Waals surface area (Å²) in [6.45, 7) is 2.43. The van der Waals surface area contributed by atoms with Gasteiger partial charge in [0.25, 0.3) is 0 Å². The average molecular weight is 315 g/mol. The quantitative estimate of drug-likeness (QED) is 0.866. The minimum Gasteiger partial charge on any atom is -0.378 e. The largest absolute Gasteiger partial charge is 0.378 e. The molecule has 1 N–H and O–H groups in total. The Kier molecular flexibility index (Phi) is 3.16. The van der Waals surface area contributed by atoms with Crippen LogP contribution in [-0.2, 0) is 9.53 Å². The number of hydrogen-bond acceptors (Lipinski definition) is 3. The first-order valence-corrected chi connectivity index (χ1v) is 6.87. The van der Waals surface area contributed by atoms with Crippen molar-refractivity contribution >= 4 is 40.8 Å². The molecule has 0 bridgehead atoms. The van der Waals surface area contributed by atoms with E-state index in [1.165, 1.54) is 6.07 Å². The zero-order chi connectivity index (χ0) is 14.5. The van der Waals surface area contributed by atoms with E-state index in [1.54, 1.807) is 19.1 Å². The predicted octanol–water partition coefficient (Wildman–Crippen LogP) is 2.45. The molecule has 2 aliphatic heterocycles. The summed E-state index contributed by atoms with van der Waals surface area (Å²) in [4.78, 5) is 25.9. The second kappa shape index (κ2) is 4.62.